The van der Waals surface area contributed by atoms with Gasteiger partial charge in [-0.3, -0.25) is 9.59 Å². The number of hydrogen-bond donors (Lipinski definition) is 3. The van der Waals surface area contributed by atoms with E-state index in [4.69, 9.17) is 4.74 Å². The molecule has 3 rings (SSSR count). The number of carbonyl (C=O) groups is 2. The number of carbonyl (C=O) groups excluding carboxylic acids is 2. The van der Waals surface area contributed by atoms with E-state index in [1.54, 1.807) is 37.4 Å². The molecule has 0 bridgehead atoms. The molecule has 1 aliphatic carbocycles. The lowest BCUT2D eigenvalue weighted by Gasteiger charge is -2.15. The van der Waals surface area contributed by atoms with Gasteiger partial charge in [0.15, 0.2) is 0 Å². The third-order valence-corrected chi connectivity index (χ3v) is 4.88. The van der Waals surface area contributed by atoms with E-state index >= 15 is 0 Å². The molecule has 6 heteroatoms. The second-order valence-corrected chi connectivity index (χ2v) is 7.29. The predicted octanol–water partition coefficient (Wildman–Crippen LogP) is 3.79. The van der Waals surface area contributed by atoms with Crippen LogP contribution in [-0.2, 0) is 11.3 Å². The van der Waals surface area contributed by atoms with Gasteiger partial charge >= 0.3 is 0 Å². The molecule has 0 radical (unpaired) electrons. The molecule has 3 N–H and O–H groups in total. The molecule has 0 heterocycles. The van der Waals surface area contributed by atoms with Crippen molar-refractivity contribution >= 4 is 23.2 Å². The average Bonchev–Trinajstić information content (AvgIpc) is 3.51. The normalized spacial score (nSPS) is 14.2. The molecular weight excluding hydrogens is 354 g/mol. The molecule has 0 aromatic heterocycles. The Labute approximate surface area is 165 Å². The zero-order valence-electron chi connectivity index (χ0n) is 16.5. The minimum absolute atomic E-state index is 0.169. The lowest BCUT2D eigenvalue weighted by molar-refractivity contribution is -0.114. The molecule has 1 aliphatic rings. The van der Waals surface area contributed by atoms with Gasteiger partial charge in [0.1, 0.15) is 5.75 Å². The molecule has 1 saturated carbocycles. The summed E-state index contributed by atoms with van der Waals surface area (Å²) in [6.45, 7) is 4.29. The van der Waals surface area contributed by atoms with E-state index in [0.717, 1.165) is 17.2 Å². The van der Waals surface area contributed by atoms with Gasteiger partial charge < -0.3 is 20.7 Å². The van der Waals surface area contributed by atoms with Crippen molar-refractivity contribution in [2.45, 2.75) is 39.3 Å². The Morgan fingerprint density at radius 2 is 1.79 bits per heavy atom. The summed E-state index contributed by atoms with van der Waals surface area (Å²) in [5, 5.41) is 9.17. The first-order chi connectivity index (χ1) is 13.4. The molecule has 0 spiro atoms. The zero-order valence-corrected chi connectivity index (χ0v) is 16.5. The number of anilines is 2. The molecule has 2 aromatic rings. The van der Waals surface area contributed by atoms with Crippen LogP contribution in [0.25, 0.3) is 0 Å². The van der Waals surface area contributed by atoms with Gasteiger partial charge in [0, 0.05) is 36.4 Å². The van der Waals surface area contributed by atoms with Crippen molar-refractivity contribution in [1.29, 1.82) is 0 Å². The summed E-state index contributed by atoms with van der Waals surface area (Å²) in [7, 11) is 1.60. The lowest BCUT2D eigenvalue weighted by atomic mass is 10.1. The van der Waals surface area contributed by atoms with Gasteiger partial charge in [0.2, 0.25) is 5.91 Å². The summed E-state index contributed by atoms with van der Waals surface area (Å²) >= 11 is 0. The van der Waals surface area contributed by atoms with Gasteiger partial charge in [-0.05, 0) is 73.7 Å². The van der Waals surface area contributed by atoms with Crippen LogP contribution in [0.1, 0.15) is 42.6 Å². The second-order valence-electron chi connectivity index (χ2n) is 7.29. The third kappa shape index (κ3) is 5.57. The van der Waals surface area contributed by atoms with Crippen LogP contribution in [-0.4, -0.2) is 25.0 Å². The zero-order chi connectivity index (χ0) is 20.1. The van der Waals surface area contributed by atoms with Crippen LogP contribution in [0.15, 0.2) is 42.5 Å². The lowest BCUT2D eigenvalue weighted by Crippen LogP contribution is -2.27. The summed E-state index contributed by atoms with van der Waals surface area (Å²) in [6.07, 6.45) is 2.55. The highest BCUT2D eigenvalue weighted by atomic mass is 16.5. The Hall–Kier alpha value is -2.86. The van der Waals surface area contributed by atoms with Crippen LogP contribution < -0.4 is 20.7 Å². The molecule has 6 nitrogen and oxygen atoms in total. The molecule has 28 heavy (non-hydrogen) atoms. The monoisotopic (exact) mass is 381 g/mol. The smallest absolute Gasteiger partial charge is 0.255 e. The van der Waals surface area contributed by atoms with Crippen LogP contribution in [0.3, 0.4) is 0 Å². The van der Waals surface area contributed by atoms with Gasteiger partial charge in [-0.1, -0.05) is 0 Å². The first-order valence-corrected chi connectivity index (χ1v) is 9.55. The van der Waals surface area contributed by atoms with Gasteiger partial charge in [0.25, 0.3) is 5.91 Å². The number of methoxy groups -OCH3 is 1. The average molecular weight is 381 g/mol. The summed E-state index contributed by atoms with van der Waals surface area (Å²) in [5.41, 5.74) is 2.75. The number of nitrogens with one attached hydrogen (secondary N) is 3. The van der Waals surface area contributed by atoms with E-state index in [-0.39, 0.29) is 11.8 Å². The minimum Gasteiger partial charge on any atom is -0.497 e. The van der Waals surface area contributed by atoms with Gasteiger partial charge in [0.05, 0.1) is 7.11 Å². The fraction of sp³-hybridized carbons (Fsp3) is 0.364. The van der Waals surface area contributed by atoms with Crippen molar-refractivity contribution in [2.75, 3.05) is 17.7 Å². The summed E-state index contributed by atoms with van der Waals surface area (Å²) < 4.78 is 5.13. The number of rotatable bonds is 8. The van der Waals surface area contributed by atoms with Crippen LogP contribution in [0.2, 0.25) is 0 Å². The Balaban J connectivity index is 1.75. The highest BCUT2D eigenvalue weighted by Crippen LogP contribution is 2.32. The van der Waals surface area contributed by atoms with Gasteiger partial charge in [-0.25, -0.2) is 0 Å². The Morgan fingerprint density at radius 3 is 2.39 bits per heavy atom. The van der Waals surface area contributed by atoms with E-state index in [9.17, 15) is 9.59 Å². The van der Waals surface area contributed by atoms with Crippen molar-refractivity contribution in [2.24, 2.45) is 5.92 Å². The predicted molar refractivity (Wildman–Crippen MR) is 111 cm³/mol. The minimum atomic E-state index is -0.228. The van der Waals surface area contributed by atoms with Crippen molar-refractivity contribution in [3.05, 3.63) is 53.6 Å². The summed E-state index contributed by atoms with van der Waals surface area (Å²) in [4.78, 5) is 24.2. The van der Waals surface area contributed by atoms with E-state index in [1.165, 1.54) is 19.8 Å². The Morgan fingerprint density at radius 1 is 1.07 bits per heavy atom. The van der Waals surface area contributed by atoms with Crippen molar-refractivity contribution < 1.29 is 14.3 Å². The SMILES string of the molecule is COc1ccc(NC(=O)c2cc(CNC(C)C3CC3)cc(NC(C)=O)c2)cc1. The fourth-order valence-corrected chi connectivity index (χ4v) is 3.12. The van der Waals surface area contributed by atoms with E-state index in [0.29, 0.717) is 29.5 Å². The first kappa shape index (κ1) is 19.9. The second kappa shape index (κ2) is 8.89. The van der Waals surface area contributed by atoms with Gasteiger partial charge in [-0.15, -0.1) is 0 Å². The summed E-state index contributed by atoms with van der Waals surface area (Å²) in [5.74, 6) is 1.08. The van der Waals surface area contributed by atoms with Crippen molar-refractivity contribution in [3.8, 4) is 5.75 Å². The van der Waals surface area contributed by atoms with Crippen LogP contribution >= 0.6 is 0 Å². The largest absolute Gasteiger partial charge is 0.497 e. The first-order valence-electron chi connectivity index (χ1n) is 9.55. The third-order valence-electron chi connectivity index (χ3n) is 4.88. The fourth-order valence-electron chi connectivity index (χ4n) is 3.12. The van der Waals surface area contributed by atoms with Crippen molar-refractivity contribution in [1.82, 2.24) is 5.32 Å². The Kier molecular flexibility index (Phi) is 6.31. The highest BCUT2D eigenvalue weighted by Gasteiger charge is 2.27. The van der Waals surface area contributed by atoms with E-state index in [2.05, 4.69) is 22.9 Å². The van der Waals surface area contributed by atoms with Crippen LogP contribution in [0.4, 0.5) is 11.4 Å². The number of benzene rings is 2. The van der Waals surface area contributed by atoms with Crippen LogP contribution in [0, 0.1) is 5.92 Å². The quantitative estimate of drug-likeness (QED) is 0.650. The highest BCUT2D eigenvalue weighted by molar-refractivity contribution is 6.05. The van der Waals surface area contributed by atoms with Gasteiger partial charge in [-0.2, -0.15) is 0 Å². The molecule has 0 aliphatic heterocycles. The van der Waals surface area contributed by atoms with E-state index < -0.39 is 0 Å². The molecular formula is C22H27N3O3. The maximum Gasteiger partial charge on any atom is 0.255 e. The molecule has 1 fully saturated rings. The molecule has 148 valence electrons. The molecule has 1 unspecified atom stereocenters. The van der Waals surface area contributed by atoms with Crippen LogP contribution in [0.5, 0.6) is 5.75 Å². The maximum atomic E-state index is 12.7. The number of amides is 2. The topological polar surface area (TPSA) is 79.5 Å². The number of ether oxygens (including phenoxy) is 1. The molecule has 2 amide bonds. The molecule has 1 atom stereocenters. The van der Waals surface area contributed by atoms with Crippen molar-refractivity contribution in [3.63, 3.8) is 0 Å². The van der Waals surface area contributed by atoms with E-state index in [1.807, 2.05) is 12.1 Å². The number of hydrogen-bond acceptors (Lipinski definition) is 4. The Bertz CT molecular complexity index is 845. The molecule has 2 aromatic carbocycles. The molecule has 0 saturated heterocycles. The summed E-state index contributed by atoms with van der Waals surface area (Å²) in [6, 6.07) is 13.0. The maximum absolute atomic E-state index is 12.7. The standard InChI is InChI=1S/C22H27N3O3/c1-14(17-4-5-17)23-13-16-10-18(12-20(11-16)24-15(2)26)22(27)25-19-6-8-21(28-3)9-7-19/h6-12,14,17,23H,4-5,13H2,1-3H3,(H,24,26)(H,25,27).